The Hall–Kier alpha value is -0.890. The molecule has 1 aliphatic heterocycles. The van der Waals surface area contributed by atoms with Crippen molar-refractivity contribution in [3.8, 4) is 0 Å². The minimum Gasteiger partial charge on any atom is -0.293 e. The monoisotopic (exact) mass is 188 g/mol. The van der Waals surface area contributed by atoms with Crippen molar-refractivity contribution in [3.63, 3.8) is 0 Å². The van der Waals surface area contributed by atoms with Crippen LogP contribution in [0.2, 0.25) is 0 Å². The molecule has 0 saturated heterocycles. The van der Waals surface area contributed by atoms with Crippen LogP contribution in [-0.4, -0.2) is 16.4 Å². The molecule has 1 aromatic heterocycles. The van der Waals surface area contributed by atoms with Crippen LogP contribution in [0.15, 0.2) is 18.3 Å². The third-order valence-electron chi connectivity index (χ3n) is 3.46. The Bertz CT molecular complexity index is 330. The molecule has 3 rings (SSSR count). The Morgan fingerprint density at radius 2 is 2.29 bits per heavy atom. The second-order valence-corrected chi connectivity index (χ2v) is 5.07. The molecule has 14 heavy (non-hydrogen) atoms. The van der Waals surface area contributed by atoms with Crippen molar-refractivity contribution < 1.29 is 0 Å². The summed E-state index contributed by atoms with van der Waals surface area (Å²) in [6.07, 6.45) is 4.72. The summed E-state index contributed by atoms with van der Waals surface area (Å²) in [6.45, 7) is 5.82. The lowest BCUT2D eigenvalue weighted by Crippen LogP contribution is -2.23. The van der Waals surface area contributed by atoms with E-state index in [-0.39, 0.29) is 0 Å². The van der Waals surface area contributed by atoms with E-state index in [1.165, 1.54) is 30.6 Å². The van der Waals surface area contributed by atoms with Gasteiger partial charge >= 0.3 is 0 Å². The van der Waals surface area contributed by atoms with E-state index in [1.54, 1.807) is 0 Å². The smallest absolute Gasteiger partial charge is 0.0589 e. The van der Waals surface area contributed by atoms with Crippen LogP contribution in [0.25, 0.3) is 0 Å². The van der Waals surface area contributed by atoms with Crippen molar-refractivity contribution in [2.75, 3.05) is 6.54 Å². The minimum atomic E-state index is 0.627. The van der Waals surface area contributed by atoms with Crippen molar-refractivity contribution in [2.24, 2.45) is 5.41 Å². The van der Waals surface area contributed by atoms with E-state index in [0.717, 1.165) is 13.1 Å². The lowest BCUT2D eigenvalue weighted by Gasteiger charge is -2.18. The van der Waals surface area contributed by atoms with Gasteiger partial charge in [0, 0.05) is 25.8 Å². The topological polar surface area (TPSA) is 16.1 Å². The van der Waals surface area contributed by atoms with Crippen molar-refractivity contribution in [3.05, 3.63) is 29.6 Å². The van der Waals surface area contributed by atoms with E-state index in [1.807, 2.05) is 12.3 Å². The maximum atomic E-state index is 4.42. The first kappa shape index (κ1) is 8.42. The van der Waals surface area contributed by atoms with Crippen LogP contribution in [0, 0.1) is 5.41 Å². The Morgan fingerprint density at radius 1 is 1.43 bits per heavy atom. The van der Waals surface area contributed by atoms with E-state index in [0.29, 0.717) is 5.41 Å². The third kappa shape index (κ3) is 1.44. The second-order valence-electron chi connectivity index (χ2n) is 5.07. The molecule has 0 aromatic carbocycles. The predicted molar refractivity (Wildman–Crippen MR) is 55.7 cm³/mol. The highest BCUT2D eigenvalue weighted by atomic mass is 15.2. The highest BCUT2D eigenvalue weighted by Gasteiger charge is 2.39. The van der Waals surface area contributed by atoms with E-state index in [2.05, 4.69) is 22.9 Å². The summed E-state index contributed by atoms with van der Waals surface area (Å²) in [6, 6.07) is 4.25. The standard InChI is InChI=1S/C12H16N2/c1-12(4-5-12)9-14-7-10-3-2-6-13-11(10)8-14/h2-3,6H,4-5,7-9H2,1H3. The second kappa shape index (κ2) is 2.80. The average molecular weight is 188 g/mol. The third-order valence-corrected chi connectivity index (χ3v) is 3.46. The summed E-state index contributed by atoms with van der Waals surface area (Å²) in [5.74, 6) is 0. The van der Waals surface area contributed by atoms with E-state index < -0.39 is 0 Å². The van der Waals surface area contributed by atoms with Crippen LogP contribution in [-0.2, 0) is 13.1 Å². The molecule has 0 N–H and O–H groups in total. The van der Waals surface area contributed by atoms with Crippen LogP contribution in [0.4, 0.5) is 0 Å². The predicted octanol–water partition coefficient (Wildman–Crippen LogP) is 2.20. The largest absolute Gasteiger partial charge is 0.293 e. The van der Waals surface area contributed by atoms with E-state index >= 15 is 0 Å². The van der Waals surface area contributed by atoms with Gasteiger partial charge < -0.3 is 0 Å². The maximum Gasteiger partial charge on any atom is 0.0589 e. The molecular weight excluding hydrogens is 172 g/mol. The summed E-state index contributed by atoms with van der Waals surface area (Å²) in [4.78, 5) is 6.95. The van der Waals surface area contributed by atoms with E-state index in [9.17, 15) is 0 Å². The molecule has 1 aromatic rings. The summed E-state index contributed by atoms with van der Waals surface area (Å²) >= 11 is 0. The molecule has 1 saturated carbocycles. The first-order valence-corrected chi connectivity index (χ1v) is 5.40. The Morgan fingerprint density at radius 3 is 3.00 bits per heavy atom. The molecule has 74 valence electrons. The number of rotatable bonds is 2. The SMILES string of the molecule is CC1(CN2Cc3cccnc3C2)CC1. The summed E-state index contributed by atoms with van der Waals surface area (Å²) < 4.78 is 0. The number of hydrogen-bond acceptors (Lipinski definition) is 2. The van der Waals surface area contributed by atoms with Crippen LogP contribution in [0.1, 0.15) is 31.0 Å². The van der Waals surface area contributed by atoms with Gasteiger partial charge in [-0.25, -0.2) is 0 Å². The molecule has 0 spiro atoms. The quantitative estimate of drug-likeness (QED) is 0.707. The van der Waals surface area contributed by atoms with Crippen LogP contribution < -0.4 is 0 Å². The first-order valence-electron chi connectivity index (χ1n) is 5.40. The van der Waals surface area contributed by atoms with E-state index in [4.69, 9.17) is 0 Å². The van der Waals surface area contributed by atoms with Gasteiger partial charge in [-0.3, -0.25) is 9.88 Å². The van der Waals surface area contributed by atoms with Gasteiger partial charge in [-0.05, 0) is 29.9 Å². The van der Waals surface area contributed by atoms with Gasteiger partial charge in [-0.1, -0.05) is 13.0 Å². The zero-order valence-corrected chi connectivity index (χ0v) is 8.66. The molecule has 2 heterocycles. The Balaban J connectivity index is 1.72. The molecule has 1 aliphatic carbocycles. The van der Waals surface area contributed by atoms with Crippen LogP contribution in [0.3, 0.4) is 0 Å². The Labute approximate surface area is 85.0 Å². The lowest BCUT2D eigenvalue weighted by molar-refractivity contribution is 0.232. The molecule has 0 bridgehead atoms. The zero-order valence-electron chi connectivity index (χ0n) is 8.66. The zero-order chi connectivity index (χ0) is 9.60. The summed E-state index contributed by atoms with van der Waals surface area (Å²) in [7, 11) is 0. The average Bonchev–Trinajstić information content (AvgIpc) is 2.77. The van der Waals surface area contributed by atoms with Crippen LogP contribution in [0.5, 0.6) is 0 Å². The fourth-order valence-electron chi connectivity index (χ4n) is 2.29. The number of hydrogen-bond donors (Lipinski definition) is 0. The van der Waals surface area contributed by atoms with Gasteiger partial charge in [0.15, 0.2) is 0 Å². The van der Waals surface area contributed by atoms with Gasteiger partial charge in [0.2, 0.25) is 0 Å². The van der Waals surface area contributed by atoms with Gasteiger partial charge in [-0.2, -0.15) is 0 Å². The van der Waals surface area contributed by atoms with Crippen molar-refractivity contribution in [1.82, 2.24) is 9.88 Å². The molecule has 1 fully saturated rings. The van der Waals surface area contributed by atoms with Gasteiger partial charge in [0.05, 0.1) is 5.69 Å². The number of pyridine rings is 1. The molecule has 0 amide bonds. The summed E-state index contributed by atoms with van der Waals surface area (Å²) in [5.41, 5.74) is 3.34. The lowest BCUT2D eigenvalue weighted by atomic mass is 10.1. The van der Waals surface area contributed by atoms with Crippen molar-refractivity contribution >= 4 is 0 Å². The summed E-state index contributed by atoms with van der Waals surface area (Å²) in [5, 5.41) is 0. The molecule has 2 heteroatoms. The highest BCUT2D eigenvalue weighted by Crippen LogP contribution is 2.46. The van der Waals surface area contributed by atoms with Crippen molar-refractivity contribution in [1.29, 1.82) is 0 Å². The molecule has 0 radical (unpaired) electrons. The minimum absolute atomic E-state index is 0.627. The first-order chi connectivity index (χ1) is 6.75. The molecule has 0 unspecified atom stereocenters. The number of aromatic nitrogens is 1. The number of fused-ring (bicyclic) bond motifs is 1. The fraction of sp³-hybridized carbons (Fsp3) is 0.583. The molecular formula is C12H16N2. The van der Waals surface area contributed by atoms with Gasteiger partial charge in [-0.15, -0.1) is 0 Å². The number of nitrogens with zero attached hydrogens (tertiary/aromatic N) is 2. The Kier molecular flexibility index (Phi) is 1.68. The maximum absolute atomic E-state index is 4.42. The highest BCUT2D eigenvalue weighted by molar-refractivity contribution is 5.23. The van der Waals surface area contributed by atoms with Gasteiger partial charge in [0.1, 0.15) is 0 Å². The molecule has 2 nitrogen and oxygen atoms in total. The molecule has 0 atom stereocenters. The van der Waals surface area contributed by atoms with Crippen molar-refractivity contribution in [2.45, 2.75) is 32.9 Å². The fourth-order valence-corrected chi connectivity index (χ4v) is 2.29. The normalized spacial score (nSPS) is 23.5. The molecule has 2 aliphatic rings. The van der Waals surface area contributed by atoms with Crippen LogP contribution >= 0.6 is 0 Å². The van der Waals surface area contributed by atoms with Gasteiger partial charge in [0.25, 0.3) is 0 Å².